The van der Waals surface area contributed by atoms with Crippen LogP contribution in [-0.2, 0) is 14.3 Å². The fraction of sp³-hybridized carbons (Fsp3) is 0.867. The lowest BCUT2D eigenvalue weighted by atomic mass is 9.89. The Morgan fingerprint density at radius 1 is 1.52 bits per heavy atom. The average molecular weight is 297 g/mol. The Kier molecular flexibility index (Phi) is 5.45. The number of nitrogens with one attached hydrogen (secondary N) is 1. The third-order valence-corrected chi connectivity index (χ3v) is 4.13. The maximum Gasteiger partial charge on any atom is 0.310 e. The van der Waals surface area contributed by atoms with Gasteiger partial charge in [0.05, 0.1) is 25.7 Å². The topological polar surface area (TPSA) is 63.2 Å². The van der Waals surface area contributed by atoms with Gasteiger partial charge in [0.25, 0.3) is 0 Å². The first-order valence-corrected chi connectivity index (χ1v) is 7.78. The summed E-state index contributed by atoms with van der Waals surface area (Å²) in [6.45, 7) is 8.55. The number of piperidine rings is 1. The molecule has 2 heterocycles. The lowest BCUT2D eigenvalue weighted by Crippen LogP contribution is -2.53. The van der Waals surface area contributed by atoms with Crippen LogP contribution in [-0.4, -0.2) is 63.3 Å². The SMILES string of the molecule is CCOC(=O)C1CCCN(C(=NC)NCC2(C)COC2)C1. The van der Waals surface area contributed by atoms with Gasteiger partial charge < -0.3 is 19.7 Å². The van der Waals surface area contributed by atoms with Crippen LogP contribution in [0.1, 0.15) is 26.7 Å². The normalized spacial score (nSPS) is 25.2. The quantitative estimate of drug-likeness (QED) is 0.474. The number of hydrogen-bond acceptors (Lipinski definition) is 4. The van der Waals surface area contributed by atoms with Crippen molar-refractivity contribution in [2.75, 3.05) is 46.5 Å². The molecule has 0 amide bonds. The number of nitrogens with zero attached hydrogens (tertiary/aromatic N) is 2. The van der Waals surface area contributed by atoms with Gasteiger partial charge in [-0.25, -0.2) is 0 Å². The van der Waals surface area contributed by atoms with Gasteiger partial charge in [-0.2, -0.15) is 0 Å². The first kappa shape index (κ1) is 16.1. The van der Waals surface area contributed by atoms with E-state index in [-0.39, 0.29) is 17.3 Å². The number of ether oxygens (including phenoxy) is 2. The molecule has 1 unspecified atom stereocenters. The highest BCUT2D eigenvalue weighted by atomic mass is 16.5. The van der Waals surface area contributed by atoms with E-state index in [2.05, 4.69) is 22.1 Å². The molecule has 0 radical (unpaired) electrons. The van der Waals surface area contributed by atoms with Crippen LogP contribution in [0.25, 0.3) is 0 Å². The average Bonchev–Trinajstić information content (AvgIpc) is 2.46. The van der Waals surface area contributed by atoms with E-state index >= 15 is 0 Å². The summed E-state index contributed by atoms with van der Waals surface area (Å²) in [6.07, 6.45) is 1.89. The first-order valence-electron chi connectivity index (χ1n) is 7.78. The second-order valence-electron chi connectivity index (χ2n) is 6.24. The molecule has 6 nitrogen and oxygen atoms in total. The Morgan fingerprint density at radius 3 is 2.86 bits per heavy atom. The molecular formula is C15H27N3O3. The summed E-state index contributed by atoms with van der Waals surface area (Å²) in [6, 6.07) is 0. The molecule has 0 saturated carbocycles. The van der Waals surface area contributed by atoms with Crippen LogP contribution in [0.15, 0.2) is 4.99 Å². The van der Waals surface area contributed by atoms with E-state index in [1.165, 1.54) is 0 Å². The van der Waals surface area contributed by atoms with Crippen LogP contribution in [0, 0.1) is 11.3 Å². The lowest BCUT2D eigenvalue weighted by Gasteiger charge is -2.40. The molecule has 21 heavy (non-hydrogen) atoms. The van der Waals surface area contributed by atoms with Gasteiger partial charge in [0.2, 0.25) is 0 Å². The minimum absolute atomic E-state index is 0.0418. The monoisotopic (exact) mass is 297 g/mol. The number of esters is 1. The van der Waals surface area contributed by atoms with E-state index in [4.69, 9.17) is 9.47 Å². The third-order valence-electron chi connectivity index (χ3n) is 4.13. The van der Waals surface area contributed by atoms with Crippen LogP contribution in [0.2, 0.25) is 0 Å². The number of likely N-dealkylation sites (tertiary alicyclic amines) is 1. The van der Waals surface area contributed by atoms with Crippen molar-refractivity contribution in [3.63, 3.8) is 0 Å². The summed E-state index contributed by atoms with van der Waals surface area (Å²) in [5.74, 6) is 0.744. The van der Waals surface area contributed by atoms with Crippen LogP contribution in [0.5, 0.6) is 0 Å². The van der Waals surface area contributed by atoms with E-state index < -0.39 is 0 Å². The predicted molar refractivity (Wildman–Crippen MR) is 81.2 cm³/mol. The maximum absolute atomic E-state index is 11.9. The van der Waals surface area contributed by atoms with Crippen LogP contribution >= 0.6 is 0 Å². The molecule has 0 bridgehead atoms. The number of guanidine groups is 1. The van der Waals surface area contributed by atoms with Crippen molar-refractivity contribution in [2.45, 2.75) is 26.7 Å². The molecule has 6 heteroatoms. The van der Waals surface area contributed by atoms with Crippen molar-refractivity contribution in [1.29, 1.82) is 0 Å². The fourth-order valence-electron chi connectivity index (χ4n) is 2.80. The van der Waals surface area contributed by atoms with Gasteiger partial charge in [0.1, 0.15) is 0 Å². The molecule has 0 aromatic rings. The van der Waals surface area contributed by atoms with Crippen LogP contribution < -0.4 is 5.32 Å². The molecule has 0 aromatic heterocycles. The molecule has 0 aromatic carbocycles. The molecular weight excluding hydrogens is 270 g/mol. The van der Waals surface area contributed by atoms with Crippen LogP contribution in [0.4, 0.5) is 0 Å². The van der Waals surface area contributed by atoms with E-state index in [0.29, 0.717) is 13.2 Å². The Balaban J connectivity index is 1.87. The first-order chi connectivity index (χ1) is 10.1. The van der Waals surface area contributed by atoms with Gasteiger partial charge in [-0.1, -0.05) is 6.92 Å². The van der Waals surface area contributed by atoms with Gasteiger partial charge in [0, 0.05) is 32.1 Å². The number of aliphatic imine (C=N–C) groups is 1. The summed E-state index contributed by atoms with van der Waals surface area (Å²) >= 11 is 0. The van der Waals surface area contributed by atoms with E-state index in [1.54, 1.807) is 7.05 Å². The van der Waals surface area contributed by atoms with E-state index in [9.17, 15) is 4.79 Å². The minimum atomic E-state index is -0.0861. The van der Waals surface area contributed by atoms with Crippen molar-refractivity contribution in [1.82, 2.24) is 10.2 Å². The standard InChI is InChI=1S/C15H27N3O3/c1-4-21-13(19)12-6-5-7-18(8-12)14(16-3)17-9-15(2)10-20-11-15/h12H,4-11H2,1-3H3,(H,16,17). The zero-order valence-corrected chi connectivity index (χ0v) is 13.4. The van der Waals surface area contributed by atoms with Gasteiger partial charge in [0.15, 0.2) is 5.96 Å². The second kappa shape index (κ2) is 7.11. The molecule has 2 aliphatic heterocycles. The smallest absolute Gasteiger partial charge is 0.310 e. The van der Waals surface area contributed by atoms with Crippen molar-refractivity contribution in [3.8, 4) is 0 Å². The zero-order valence-electron chi connectivity index (χ0n) is 13.4. The van der Waals surface area contributed by atoms with E-state index in [1.807, 2.05) is 6.92 Å². The fourth-order valence-corrected chi connectivity index (χ4v) is 2.80. The Hall–Kier alpha value is -1.30. The number of rotatable bonds is 4. The van der Waals surface area contributed by atoms with Crippen molar-refractivity contribution in [2.24, 2.45) is 16.3 Å². The number of carbonyl (C=O) groups is 1. The molecule has 2 fully saturated rings. The van der Waals surface area contributed by atoms with Crippen molar-refractivity contribution < 1.29 is 14.3 Å². The zero-order chi connectivity index (χ0) is 15.3. The van der Waals surface area contributed by atoms with Gasteiger partial charge in [-0.05, 0) is 19.8 Å². The lowest BCUT2D eigenvalue weighted by molar-refractivity contribution is -0.149. The summed E-state index contributed by atoms with van der Waals surface area (Å²) in [4.78, 5) is 18.4. The van der Waals surface area contributed by atoms with Gasteiger partial charge in [-0.3, -0.25) is 9.79 Å². The molecule has 0 spiro atoms. The largest absolute Gasteiger partial charge is 0.466 e. The maximum atomic E-state index is 11.9. The molecule has 0 aliphatic carbocycles. The second-order valence-corrected chi connectivity index (χ2v) is 6.24. The van der Waals surface area contributed by atoms with Gasteiger partial charge >= 0.3 is 5.97 Å². The van der Waals surface area contributed by atoms with Crippen molar-refractivity contribution >= 4 is 11.9 Å². The Bertz CT molecular complexity index is 394. The number of carbonyl (C=O) groups excluding carboxylic acids is 1. The highest BCUT2D eigenvalue weighted by molar-refractivity contribution is 5.81. The molecule has 2 aliphatic rings. The molecule has 1 atom stereocenters. The van der Waals surface area contributed by atoms with Crippen LogP contribution in [0.3, 0.4) is 0 Å². The molecule has 1 N–H and O–H groups in total. The minimum Gasteiger partial charge on any atom is -0.466 e. The summed E-state index contributed by atoms with van der Waals surface area (Å²) in [5, 5.41) is 3.42. The molecule has 120 valence electrons. The summed E-state index contributed by atoms with van der Waals surface area (Å²) in [5.41, 5.74) is 0.201. The van der Waals surface area contributed by atoms with Gasteiger partial charge in [-0.15, -0.1) is 0 Å². The highest BCUT2D eigenvalue weighted by Gasteiger charge is 2.34. The summed E-state index contributed by atoms with van der Waals surface area (Å²) < 4.78 is 10.4. The van der Waals surface area contributed by atoms with Crippen molar-refractivity contribution in [3.05, 3.63) is 0 Å². The molecule has 2 rings (SSSR count). The predicted octanol–water partition coefficient (Wildman–Crippen LogP) is 0.873. The Labute approximate surface area is 126 Å². The summed E-state index contributed by atoms with van der Waals surface area (Å²) in [7, 11) is 1.79. The number of hydrogen-bond donors (Lipinski definition) is 1. The third kappa shape index (κ3) is 4.09. The molecule has 2 saturated heterocycles. The highest BCUT2D eigenvalue weighted by Crippen LogP contribution is 2.25. The van der Waals surface area contributed by atoms with E-state index in [0.717, 1.165) is 45.1 Å². The Morgan fingerprint density at radius 2 is 2.29 bits per heavy atom.